The molecule has 98 valence electrons. The number of nitrogens with one attached hydrogen (secondary N) is 1. The number of carbonyl (C=O) groups excluding carboxylic acids is 1. The van der Waals surface area contributed by atoms with Gasteiger partial charge in [-0.3, -0.25) is 4.79 Å². The van der Waals surface area contributed by atoms with E-state index in [4.69, 9.17) is 0 Å². The number of carbonyl (C=O) groups is 1. The molecule has 0 radical (unpaired) electrons. The third-order valence-corrected chi connectivity index (χ3v) is 3.18. The zero-order chi connectivity index (χ0) is 13.7. The van der Waals surface area contributed by atoms with Crippen molar-refractivity contribution in [3.05, 3.63) is 69.9 Å². The standard InChI is InChI=1S/C15H13BrFNO/c16-13-6-3-4-11(8-13)10-18-15(19)9-12-5-1-2-7-14(12)17/h1-8H,9-10H2,(H,18,19). The lowest BCUT2D eigenvalue weighted by Crippen LogP contribution is -2.24. The monoisotopic (exact) mass is 321 g/mol. The highest BCUT2D eigenvalue weighted by Gasteiger charge is 2.07. The van der Waals surface area contributed by atoms with Gasteiger partial charge in [-0.1, -0.05) is 46.3 Å². The summed E-state index contributed by atoms with van der Waals surface area (Å²) in [5.74, 6) is -0.537. The summed E-state index contributed by atoms with van der Waals surface area (Å²) < 4.78 is 14.3. The van der Waals surface area contributed by atoms with Gasteiger partial charge < -0.3 is 5.32 Å². The van der Waals surface area contributed by atoms with Crippen LogP contribution in [-0.2, 0) is 17.8 Å². The largest absolute Gasteiger partial charge is 0.352 e. The molecule has 1 amide bonds. The minimum absolute atomic E-state index is 0.0562. The average Bonchev–Trinajstić information content (AvgIpc) is 2.39. The van der Waals surface area contributed by atoms with E-state index in [0.717, 1.165) is 10.0 Å². The fraction of sp³-hybridized carbons (Fsp3) is 0.133. The first-order chi connectivity index (χ1) is 9.15. The predicted octanol–water partition coefficient (Wildman–Crippen LogP) is 3.45. The molecule has 0 heterocycles. The summed E-state index contributed by atoms with van der Waals surface area (Å²) in [6, 6.07) is 14.0. The molecule has 0 aliphatic carbocycles. The Morgan fingerprint density at radius 2 is 1.95 bits per heavy atom. The summed E-state index contributed by atoms with van der Waals surface area (Å²) in [5.41, 5.74) is 1.41. The summed E-state index contributed by atoms with van der Waals surface area (Å²) in [7, 11) is 0. The van der Waals surface area contributed by atoms with E-state index in [2.05, 4.69) is 21.2 Å². The number of rotatable bonds is 4. The summed E-state index contributed by atoms with van der Waals surface area (Å²) in [6.45, 7) is 0.437. The molecule has 0 saturated heterocycles. The van der Waals surface area contributed by atoms with Crippen LogP contribution in [-0.4, -0.2) is 5.91 Å². The Kier molecular flexibility index (Phi) is 4.68. The minimum Gasteiger partial charge on any atom is -0.352 e. The van der Waals surface area contributed by atoms with Gasteiger partial charge in [-0.25, -0.2) is 4.39 Å². The molecule has 2 aromatic rings. The minimum atomic E-state index is -0.347. The third kappa shape index (κ3) is 4.17. The van der Waals surface area contributed by atoms with Gasteiger partial charge in [-0.15, -0.1) is 0 Å². The number of benzene rings is 2. The molecule has 1 N–H and O–H groups in total. The lowest BCUT2D eigenvalue weighted by atomic mass is 10.1. The van der Waals surface area contributed by atoms with Crippen molar-refractivity contribution in [2.24, 2.45) is 0 Å². The second-order valence-corrected chi connectivity index (χ2v) is 5.09. The smallest absolute Gasteiger partial charge is 0.224 e. The first kappa shape index (κ1) is 13.7. The quantitative estimate of drug-likeness (QED) is 0.918. The van der Waals surface area contributed by atoms with E-state index in [-0.39, 0.29) is 18.1 Å². The van der Waals surface area contributed by atoms with E-state index in [1.54, 1.807) is 18.2 Å². The Labute approximate surface area is 119 Å². The maximum absolute atomic E-state index is 13.4. The van der Waals surface area contributed by atoms with Crippen LogP contribution in [0.1, 0.15) is 11.1 Å². The molecule has 0 saturated carbocycles. The molecular weight excluding hydrogens is 309 g/mol. The number of amides is 1. The van der Waals surface area contributed by atoms with E-state index in [1.165, 1.54) is 6.07 Å². The molecule has 0 bridgehead atoms. The van der Waals surface area contributed by atoms with Crippen molar-refractivity contribution in [3.63, 3.8) is 0 Å². The van der Waals surface area contributed by atoms with Crippen LogP contribution < -0.4 is 5.32 Å². The van der Waals surface area contributed by atoms with Gasteiger partial charge in [-0.05, 0) is 29.3 Å². The zero-order valence-corrected chi connectivity index (χ0v) is 11.8. The molecule has 0 unspecified atom stereocenters. The van der Waals surface area contributed by atoms with Crippen molar-refractivity contribution < 1.29 is 9.18 Å². The average molecular weight is 322 g/mol. The maximum atomic E-state index is 13.4. The van der Waals surface area contributed by atoms with E-state index < -0.39 is 0 Å². The molecule has 0 aromatic heterocycles. The van der Waals surface area contributed by atoms with Crippen LogP contribution in [0.25, 0.3) is 0 Å². The molecule has 0 aliphatic rings. The zero-order valence-electron chi connectivity index (χ0n) is 10.2. The molecule has 0 fully saturated rings. The second-order valence-electron chi connectivity index (χ2n) is 4.17. The first-order valence-electron chi connectivity index (χ1n) is 5.90. The van der Waals surface area contributed by atoms with Crippen molar-refractivity contribution >= 4 is 21.8 Å². The van der Waals surface area contributed by atoms with Gasteiger partial charge in [-0.2, -0.15) is 0 Å². The van der Waals surface area contributed by atoms with Gasteiger partial charge in [0, 0.05) is 11.0 Å². The van der Waals surface area contributed by atoms with Gasteiger partial charge in [0.15, 0.2) is 0 Å². The molecule has 19 heavy (non-hydrogen) atoms. The Morgan fingerprint density at radius 1 is 1.16 bits per heavy atom. The van der Waals surface area contributed by atoms with E-state index >= 15 is 0 Å². The van der Waals surface area contributed by atoms with E-state index in [1.807, 2.05) is 24.3 Å². The van der Waals surface area contributed by atoms with Crippen LogP contribution >= 0.6 is 15.9 Å². The molecule has 2 aromatic carbocycles. The van der Waals surface area contributed by atoms with Crippen molar-refractivity contribution in [2.45, 2.75) is 13.0 Å². The van der Waals surface area contributed by atoms with Crippen LogP contribution in [0.5, 0.6) is 0 Å². The predicted molar refractivity (Wildman–Crippen MR) is 76.1 cm³/mol. The highest BCUT2D eigenvalue weighted by molar-refractivity contribution is 9.10. The number of hydrogen-bond donors (Lipinski definition) is 1. The van der Waals surface area contributed by atoms with Gasteiger partial charge >= 0.3 is 0 Å². The Bertz CT molecular complexity index is 586. The van der Waals surface area contributed by atoms with Gasteiger partial charge in [0.05, 0.1) is 6.42 Å². The Balaban J connectivity index is 1.90. The number of halogens is 2. The number of hydrogen-bond acceptors (Lipinski definition) is 1. The van der Waals surface area contributed by atoms with Gasteiger partial charge in [0.2, 0.25) is 5.91 Å². The Morgan fingerprint density at radius 3 is 2.68 bits per heavy atom. The molecule has 2 nitrogen and oxygen atoms in total. The highest BCUT2D eigenvalue weighted by Crippen LogP contribution is 2.11. The van der Waals surface area contributed by atoms with Gasteiger partial charge in [0.25, 0.3) is 0 Å². The van der Waals surface area contributed by atoms with Crippen molar-refractivity contribution in [1.82, 2.24) is 5.32 Å². The first-order valence-corrected chi connectivity index (χ1v) is 6.69. The Hall–Kier alpha value is -1.68. The lowest BCUT2D eigenvalue weighted by molar-refractivity contribution is -0.120. The van der Waals surface area contributed by atoms with Crippen LogP contribution in [0.15, 0.2) is 53.0 Å². The maximum Gasteiger partial charge on any atom is 0.224 e. The summed E-state index contributed by atoms with van der Waals surface area (Å²) in [5, 5.41) is 2.78. The summed E-state index contributed by atoms with van der Waals surface area (Å²) in [4.78, 5) is 11.7. The van der Waals surface area contributed by atoms with Crippen molar-refractivity contribution in [2.75, 3.05) is 0 Å². The lowest BCUT2D eigenvalue weighted by Gasteiger charge is -2.06. The molecule has 0 aliphatic heterocycles. The van der Waals surface area contributed by atoms with Crippen molar-refractivity contribution in [3.8, 4) is 0 Å². The topological polar surface area (TPSA) is 29.1 Å². The third-order valence-electron chi connectivity index (χ3n) is 2.69. The van der Waals surface area contributed by atoms with Crippen LogP contribution in [0, 0.1) is 5.82 Å². The SMILES string of the molecule is O=C(Cc1ccccc1F)NCc1cccc(Br)c1. The normalized spacial score (nSPS) is 10.2. The van der Waals surface area contributed by atoms with E-state index in [0.29, 0.717) is 12.1 Å². The summed E-state index contributed by atoms with van der Waals surface area (Å²) >= 11 is 3.37. The van der Waals surface area contributed by atoms with Crippen molar-refractivity contribution in [1.29, 1.82) is 0 Å². The van der Waals surface area contributed by atoms with Crippen LogP contribution in [0.4, 0.5) is 4.39 Å². The fourth-order valence-electron chi connectivity index (χ4n) is 1.72. The van der Waals surface area contributed by atoms with Gasteiger partial charge in [0.1, 0.15) is 5.82 Å². The summed E-state index contributed by atoms with van der Waals surface area (Å²) in [6.07, 6.45) is 0.0562. The second kappa shape index (κ2) is 6.48. The molecule has 4 heteroatoms. The fourth-order valence-corrected chi connectivity index (χ4v) is 2.17. The van der Waals surface area contributed by atoms with Crippen LogP contribution in [0.3, 0.4) is 0 Å². The molecule has 0 atom stereocenters. The molecular formula is C15H13BrFNO. The van der Waals surface area contributed by atoms with Crippen LogP contribution in [0.2, 0.25) is 0 Å². The molecule has 2 rings (SSSR count). The highest BCUT2D eigenvalue weighted by atomic mass is 79.9. The van der Waals surface area contributed by atoms with E-state index in [9.17, 15) is 9.18 Å². The molecule has 0 spiro atoms.